The smallest absolute Gasteiger partial charge is 0.144 e. The second-order valence-electron chi connectivity index (χ2n) is 3.93. The molecule has 2 aromatic carbocycles. The first-order chi connectivity index (χ1) is 9.10. The fraction of sp³-hybridized carbons (Fsp3) is 0.143. The van der Waals surface area contributed by atoms with Crippen LogP contribution >= 0.6 is 23.2 Å². The molecular formula is C14H12Cl2FNO. The van der Waals surface area contributed by atoms with Crippen molar-refractivity contribution in [2.45, 2.75) is 6.54 Å². The lowest BCUT2D eigenvalue weighted by atomic mass is 10.2. The van der Waals surface area contributed by atoms with E-state index in [1.165, 1.54) is 19.2 Å². The largest absolute Gasteiger partial charge is 0.494 e. The van der Waals surface area contributed by atoms with Crippen LogP contribution < -0.4 is 10.1 Å². The van der Waals surface area contributed by atoms with E-state index in [9.17, 15) is 4.39 Å². The van der Waals surface area contributed by atoms with Crippen molar-refractivity contribution in [2.75, 3.05) is 12.4 Å². The van der Waals surface area contributed by atoms with Gasteiger partial charge in [0.2, 0.25) is 0 Å². The van der Waals surface area contributed by atoms with Gasteiger partial charge in [-0.3, -0.25) is 0 Å². The topological polar surface area (TPSA) is 21.3 Å². The van der Waals surface area contributed by atoms with Crippen LogP contribution in [0.15, 0.2) is 36.4 Å². The molecule has 0 aliphatic heterocycles. The van der Waals surface area contributed by atoms with Gasteiger partial charge in [0, 0.05) is 22.7 Å². The lowest BCUT2D eigenvalue weighted by Gasteiger charge is -2.12. The molecule has 5 heteroatoms. The van der Waals surface area contributed by atoms with Crippen LogP contribution in [0.2, 0.25) is 10.0 Å². The number of anilines is 1. The van der Waals surface area contributed by atoms with E-state index < -0.39 is 0 Å². The van der Waals surface area contributed by atoms with E-state index in [1.807, 2.05) is 0 Å². The Kier molecular flexibility index (Phi) is 4.51. The van der Waals surface area contributed by atoms with Gasteiger partial charge in [0.25, 0.3) is 0 Å². The number of rotatable bonds is 4. The minimum Gasteiger partial charge on any atom is -0.494 e. The number of nitrogens with one attached hydrogen (secondary N) is 1. The monoisotopic (exact) mass is 299 g/mol. The Labute approximate surface area is 121 Å². The molecule has 0 unspecified atom stereocenters. The number of methoxy groups -OCH3 is 1. The molecule has 2 aromatic rings. The van der Waals surface area contributed by atoms with E-state index in [2.05, 4.69) is 5.32 Å². The maximum Gasteiger partial charge on any atom is 0.144 e. The van der Waals surface area contributed by atoms with E-state index in [1.54, 1.807) is 24.3 Å². The standard InChI is InChI=1S/C14H12Cl2FNO/c1-19-14-7-11(17)3-5-13(14)18-8-9-6-10(15)2-4-12(9)16/h2-7,18H,8H2,1H3. The zero-order chi connectivity index (χ0) is 13.8. The summed E-state index contributed by atoms with van der Waals surface area (Å²) in [5.41, 5.74) is 1.56. The first-order valence-electron chi connectivity index (χ1n) is 5.61. The number of hydrogen-bond acceptors (Lipinski definition) is 2. The van der Waals surface area contributed by atoms with Crippen molar-refractivity contribution in [3.05, 3.63) is 57.8 Å². The van der Waals surface area contributed by atoms with Crippen molar-refractivity contribution in [3.63, 3.8) is 0 Å². The number of halogens is 3. The fourth-order valence-electron chi connectivity index (χ4n) is 1.68. The second-order valence-corrected chi connectivity index (χ2v) is 4.78. The highest BCUT2D eigenvalue weighted by atomic mass is 35.5. The summed E-state index contributed by atoms with van der Waals surface area (Å²) in [6, 6.07) is 9.56. The van der Waals surface area contributed by atoms with Crippen LogP contribution in [0.3, 0.4) is 0 Å². The van der Waals surface area contributed by atoms with Gasteiger partial charge in [-0.1, -0.05) is 23.2 Å². The summed E-state index contributed by atoms with van der Waals surface area (Å²) < 4.78 is 18.2. The molecule has 0 saturated carbocycles. The van der Waals surface area contributed by atoms with E-state index >= 15 is 0 Å². The Bertz CT molecular complexity index is 590. The number of ether oxygens (including phenoxy) is 1. The van der Waals surface area contributed by atoms with Gasteiger partial charge in [-0.2, -0.15) is 0 Å². The number of benzene rings is 2. The molecule has 0 atom stereocenters. The van der Waals surface area contributed by atoms with Crippen molar-refractivity contribution in [3.8, 4) is 5.75 Å². The molecule has 0 aromatic heterocycles. The quantitative estimate of drug-likeness (QED) is 0.879. The van der Waals surface area contributed by atoms with E-state index in [0.717, 1.165) is 5.56 Å². The second kappa shape index (κ2) is 6.13. The summed E-state index contributed by atoms with van der Waals surface area (Å²) in [4.78, 5) is 0. The molecule has 0 fully saturated rings. The third kappa shape index (κ3) is 3.52. The Morgan fingerprint density at radius 2 is 1.95 bits per heavy atom. The minimum atomic E-state index is -0.344. The molecule has 0 aliphatic carbocycles. The molecule has 0 spiro atoms. The third-order valence-electron chi connectivity index (χ3n) is 2.64. The average molecular weight is 300 g/mol. The van der Waals surface area contributed by atoms with Gasteiger partial charge in [-0.15, -0.1) is 0 Å². The summed E-state index contributed by atoms with van der Waals surface area (Å²) in [5, 5.41) is 4.38. The van der Waals surface area contributed by atoms with Gasteiger partial charge in [0.05, 0.1) is 12.8 Å². The zero-order valence-electron chi connectivity index (χ0n) is 10.2. The van der Waals surface area contributed by atoms with Gasteiger partial charge in [-0.25, -0.2) is 4.39 Å². The van der Waals surface area contributed by atoms with E-state index in [-0.39, 0.29) is 5.82 Å². The summed E-state index contributed by atoms with van der Waals surface area (Å²) in [6.45, 7) is 0.474. The van der Waals surface area contributed by atoms with Crippen molar-refractivity contribution in [1.29, 1.82) is 0 Å². The van der Waals surface area contributed by atoms with Gasteiger partial charge in [0.15, 0.2) is 0 Å². The van der Waals surface area contributed by atoms with Gasteiger partial charge in [-0.05, 0) is 35.9 Å². The van der Waals surface area contributed by atoms with Crippen LogP contribution in [0, 0.1) is 5.82 Å². The Balaban J connectivity index is 2.16. The van der Waals surface area contributed by atoms with Gasteiger partial charge >= 0.3 is 0 Å². The highest BCUT2D eigenvalue weighted by Crippen LogP contribution is 2.27. The molecule has 0 aliphatic rings. The molecule has 0 heterocycles. The van der Waals surface area contributed by atoms with E-state index in [0.29, 0.717) is 28.0 Å². The van der Waals surface area contributed by atoms with E-state index in [4.69, 9.17) is 27.9 Å². The molecule has 0 bridgehead atoms. The lowest BCUT2D eigenvalue weighted by molar-refractivity contribution is 0.413. The molecule has 0 saturated heterocycles. The van der Waals surface area contributed by atoms with Gasteiger partial charge < -0.3 is 10.1 Å². The Morgan fingerprint density at radius 3 is 2.68 bits per heavy atom. The van der Waals surface area contributed by atoms with Crippen LogP contribution in [-0.4, -0.2) is 7.11 Å². The van der Waals surface area contributed by atoms with Gasteiger partial charge in [0.1, 0.15) is 11.6 Å². The molecule has 0 radical (unpaired) electrons. The molecule has 1 N–H and O–H groups in total. The summed E-state index contributed by atoms with van der Waals surface area (Å²) in [6.07, 6.45) is 0. The van der Waals surface area contributed by atoms with Crippen molar-refractivity contribution in [1.82, 2.24) is 0 Å². The van der Waals surface area contributed by atoms with Crippen molar-refractivity contribution >= 4 is 28.9 Å². The molecule has 0 amide bonds. The maximum absolute atomic E-state index is 13.1. The Hall–Kier alpha value is -1.45. The maximum atomic E-state index is 13.1. The fourth-order valence-corrected chi connectivity index (χ4v) is 2.06. The molecule has 2 rings (SSSR count). The number of hydrogen-bond donors (Lipinski definition) is 1. The summed E-state index contributed by atoms with van der Waals surface area (Å²) in [5.74, 6) is 0.0985. The first kappa shape index (κ1) is 14.0. The van der Waals surface area contributed by atoms with Crippen molar-refractivity contribution < 1.29 is 9.13 Å². The molecule has 100 valence electrons. The normalized spacial score (nSPS) is 10.3. The first-order valence-corrected chi connectivity index (χ1v) is 6.37. The highest BCUT2D eigenvalue weighted by molar-refractivity contribution is 6.33. The Morgan fingerprint density at radius 1 is 1.16 bits per heavy atom. The zero-order valence-corrected chi connectivity index (χ0v) is 11.7. The van der Waals surface area contributed by atoms with Crippen LogP contribution in [0.25, 0.3) is 0 Å². The van der Waals surface area contributed by atoms with Crippen LogP contribution in [0.5, 0.6) is 5.75 Å². The SMILES string of the molecule is COc1cc(F)ccc1NCc1cc(Cl)ccc1Cl. The van der Waals surface area contributed by atoms with Crippen LogP contribution in [0.1, 0.15) is 5.56 Å². The third-order valence-corrected chi connectivity index (χ3v) is 3.24. The lowest BCUT2D eigenvalue weighted by Crippen LogP contribution is -2.02. The average Bonchev–Trinajstić information content (AvgIpc) is 2.40. The summed E-state index contributed by atoms with van der Waals surface area (Å²) in [7, 11) is 1.49. The van der Waals surface area contributed by atoms with Crippen LogP contribution in [-0.2, 0) is 6.54 Å². The predicted molar refractivity (Wildman–Crippen MR) is 76.7 cm³/mol. The molecular weight excluding hydrogens is 288 g/mol. The predicted octanol–water partition coefficient (Wildman–Crippen LogP) is 4.75. The highest BCUT2D eigenvalue weighted by Gasteiger charge is 2.06. The van der Waals surface area contributed by atoms with Crippen molar-refractivity contribution in [2.24, 2.45) is 0 Å². The molecule has 2 nitrogen and oxygen atoms in total. The summed E-state index contributed by atoms with van der Waals surface area (Å²) >= 11 is 12.0. The molecule has 19 heavy (non-hydrogen) atoms. The minimum absolute atomic E-state index is 0.344. The van der Waals surface area contributed by atoms with Crippen LogP contribution in [0.4, 0.5) is 10.1 Å².